The first-order chi connectivity index (χ1) is 10.0. The van der Waals surface area contributed by atoms with Gasteiger partial charge < -0.3 is 11.1 Å². The Kier molecular flexibility index (Phi) is 5.16. The minimum absolute atomic E-state index is 0.0844. The van der Waals surface area contributed by atoms with Gasteiger partial charge in [0, 0.05) is 17.6 Å². The molecule has 0 saturated heterocycles. The quantitative estimate of drug-likeness (QED) is 0.833. The molecule has 6 heteroatoms. The summed E-state index contributed by atoms with van der Waals surface area (Å²) in [7, 11) is 0. The van der Waals surface area contributed by atoms with Gasteiger partial charge >= 0.3 is 0 Å². The van der Waals surface area contributed by atoms with Crippen molar-refractivity contribution in [2.24, 2.45) is 0 Å². The first-order valence-corrected chi connectivity index (χ1v) is 7.39. The van der Waals surface area contributed by atoms with Gasteiger partial charge in [0.05, 0.1) is 5.75 Å². The number of carbonyl (C=O) groups excluding carboxylic acids is 1. The number of nitrogens with two attached hydrogens (primary N) is 1. The molecule has 0 aliphatic carbocycles. The molecule has 3 N–H and O–H groups in total. The lowest BCUT2D eigenvalue weighted by Gasteiger charge is -2.06. The number of carbonyl (C=O) groups is 1. The third-order valence-electron chi connectivity index (χ3n) is 2.84. The van der Waals surface area contributed by atoms with Crippen LogP contribution in [0.5, 0.6) is 0 Å². The van der Waals surface area contributed by atoms with E-state index in [0.29, 0.717) is 23.7 Å². The minimum atomic E-state index is -0.239. The van der Waals surface area contributed by atoms with Crippen LogP contribution in [-0.4, -0.2) is 16.6 Å². The van der Waals surface area contributed by atoms with Gasteiger partial charge in [0.1, 0.15) is 11.6 Å². The lowest BCUT2D eigenvalue weighted by molar-refractivity contribution is -0.118. The van der Waals surface area contributed by atoms with Crippen LogP contribution in [0.2, 0.25) is 0 Å². The Morgan fingerprint density at radius 2 is 2.19 bits per heavy atom. The molecular formula is C15H16FN3OS. The molecule has 110 valence electrons. The minimum Gasteiger partial charge on any atom is -0.384 e. The Morgan fingerprint density at radius 1 is 1.38 bits per heavy atom. The summed E-state index contributed by atoms with van der Waals surface area (Å²) < 4.78 is 13.1. The van der Waals surface area contributed by atoms with Crippen LogP contribution in [0, 0.1) is 12.7 Å². The summed E-state index contributed by atoms with van der Waals surface area (Å²) in [6.07, 6.45) is 1.64. The summed E-state index contributed by atoms with van der Waals surface area (Å²) in [4.78, 5) is 16.6. The van der Waals surface area contributed by atoms with E-state index in [2.05, 4.69) is 10.3 Å². The second-order valence-electron chi connectivity index (χ2n) is 4.57. The number of nitrogens with one attached hydrogen (secondary N) is 1. The highest BCUT2D eigenvalue weighted by Crippen LogP contribution is 2.17. The van der Waals surface area contributed by atoms with E-state index in [1.807, 2.05) is 6.07 Å². The topological polar surface area (TPSA) is 68.0 Å². The van der Waals surface area contributed by atoms with Crippen LogP contribution < -0.4 is 11.1 Å². The second kappa shape index (κ2) is 7.08. The number of aryl methyl sites for hydroxylation is 1. The van der Waals surface area contributed by atoms with Crippen molar-refractivity contribution in [1.82, 2.24) is 10.3 Å². The number of amides is 1. The highest BCUT2D eigenvalue weighted by atomic mass is 32.2. The number of nitrogen functional groups attached to an aromatic ring is 1. The van der Waals surface area contributed by atoms with Gasteiger partial charge in [-0.1, -0.05) is 12.1 Å². The summed E-state index contributed by atoms with van der Waals surface area (Å²) in [5.74, 6) is 0.428. The van der Waals surface area contributed by atoms with Crippen molar-refractivity contribution in [3.05, 3.63) is 53.5 Å². The van der Waals surface area contributed by atoms with Crippen molar-refractivity contribution in [1.29, 1.82) is 0 Å². The van der Waals surface area contributed by atoms with Crippen LogP contribution in [0.25, 0.3) is 0 Å². The Hall–Kier alpha value is -2.08. The predicted octanol–water partition coefficient (Wildman–Crippen LogP) is 2.52. The summed E-state index contributed by atoms with van der Waals surface area (Å²) >= 11 is 1.39. The molecule has 0 unspecified atom stereocenters. The summed E-state index contributed by atoms with van der Waals surface area (Å²) in [5, 5.41) is 2.80. The van der Waals surface area contributed by atoms with Crippen LogP contribution in [-0.2, 0) is 11.3 Å². The Balaban J connectivity index is 1.79. The molecule has 21 heavy (non-hydrogen) atoms. The van der Waals surface area contributed by atoms with E-state index in [1.54, 1.807) is 31.3 Å². The zero-order chi connectivity index (χ0) is 15.2. The molecule has 4 nitrogen and oxygen atoms in total. The third kappa shape index (κ3) is 4.75. The standard InChI is InChI=1S/C15H16FN3OS/c1-10-6-11(2-4-13(10)16)7-19-15(20)9-21-12-3-5-14(17)18-8-12/h2-6,8H,7,9H2,1H3,(H2,17,18)(H,19,20). The van der Waals surface area contributed by atoms with Gasteiger partial charge in [-0.3, -0.25) is 4.79 Å². The van der Waals surface area contributed by atoms with Gasteiger partial charge in [-0.25, -0.2) is 9.37 Å². The fourth-order valence-electron chi connectivity index (χ4n) is 1.69. The Morgan fingerprint density at radius 3 is 2.86 bits per heavy atom. The number of hydrogen-bond acceptors (Lipinski definition) is 4. The molecule has 1 aromatic carbocycles. The fourth-order valence-corrected chi connectivity index (χ4v) is 2.39. The molecule has 0 aliphatic heterocycles. The van der Waals surface area contributed by atoms with Gasteiger partial charge in [0.15, 0.2) is 0 Å². The zero-order valence-electron chi connectivity index (χ0n) is 11.6. The van der Waals surface area contributed by atoms with Crippen molar-refractivity contribution in [3.8, 4) is 0 Å². The first-order valence-electron chi connectivity index (χ1n) is 6.40. The van der Waals surface area contributed by atoms with Gasteiger partial charge in [-0.15, -0.1) is 11.8 Å². The molecule has 2 aromatic rings. The molecule has 0 atom stereocenters. The second-order valence-corrected chi connectivity index (χ2v) is 5.62. The smallest absolute Gasteiger partial charge is 0.230 e. The molecule has 0 saturated carbocycles. The average Bonchev–Trinajstić information content (AvgIpc) is 2.48. The van der Waals surface area contributed by atoms with Crippen LogP contribution in [0.15, 0.2) is 41.4 Å². The van der Waals surface area contributed by atoms with Gasteiger partial charge in [0.2, 0.25) is 5.91 Å². The number of aromatic nitrogens is 1. The maximum absolute atomic E-state index is 13.1. The van der Waals surface area contributed by atoms with E-state index >= 15 is 0 Å². The van der Waals surface area contributed by atoms with E-state index in [-0.39, 0.29) is 11.7 Å². The lowest BCUT2D eigenvalue weighted by atomic mass is 10.1. The van der Waals surface area contributed by atoms with Crippen molar-refractivity contribution < 1.29 is 9.18 Å². The number of hydrogen-bond donors (Lipinski definition) is 2. The van der Waals surface area contributed by atoms with E-state index < -0.39 is 0 Å². The number of pyridine rings is 1. The molecule has 0 radical (unpaired) electrons. The zero-order valence-corrected chi connectivity index (χ0v) is 12.4. The molecule has 0 bridgehead atoms. The molecule has 1 heterocycles. The number of rotatable bonds is 5. The van der Waals surface area contributed by atoms with Crippen LogP contribution >= 0.6 is 11.8 Å². The van der Waals surface area contributed by atoms with Gasteiger partial charge in [0.25, 0.3) is 0 Å². The Labute approximate surface area is 127 Å². The normalized spacial score (nSPS) is 10.4. The molecule has 2 rings (SSSR count). The molecule has 0 aliphatic rings. The molecule has 0 fully saturated rings. The van der Waals surface area contributed by atoms with E-state index in [0.717, 1.165) is 10.5 Å². The average molecular weight is 305 g/mol. The highest BCUT2D eigenvalue weighted by Gasteiger charge is 2.04. The van der Waals surface area contributed by atoms with Crippen molar-refractivity contribution in [2.45, 2.75) is 18.4 Å². The number of thioether (sulfide) groups is 1. The van der Waals surface area contributed by atoms with Gasteiger partial charge in [-0.2, -0.15) is 0 Å². The fraction of sp³-hybridized carbons (Fsp3) is 0.200. The monoisotopic (exact) mass is 305 g/mol. The van der Waals surface area contributed by atoms with Crippen LogP contribution in [0.1, 0.15) is 11.1 Å². The molecular weight excluding hydrogens is 289 g/mol. The lowest BCUT2D eigenvalue weighted by Crippen LogP contribution is -2.24. The van der Waals surface area contributed by atoms with Crippen LogP contribution in [0.4, 0.5) is 10.2 Å². The van der Waals surface area contributed by atoms with Gasteiger partial charge in [-0.05, 0) is 36.2 Å². The predicted molar refractivity (Wildman–Crippen MR) is 82.4 cm³/mol. The van der Waals surface area contributed by atoms with E-state index in [4.69, 9.17) is 5.73 Å². The SMILES string of the molecule is Cc1cc(CNC(=O)CSc2ccc(N)nc2)ccc1F. The number of anilines is 1. The molecule has 0 spiro atoms. The Bertz CT molecular complexity index is 631. The van der Waals surface area contributed by atoms with Crippen LogP contribution in [0.3, 0.4) is 0 Å². The van der Waals surface area contributed by atoms with Crippen molar-refractivity contribution >= 4 is 23.5 Å². The largest absolute Gasteiger partial charge is 0.384 e. The van der Waals surface area contributed by atoms with Crippen molar-refractivity contribution in [2.75, 3.05) is 11.5 Å². The van der Waals surface area contributed by atoms with E-state index in [1.165, 1.54) is 17.8 Å². The summed E-state index contributed by atoms with van der Waals surface area (Å²) in [5.41, 5.74) is 6.94. The third-order valence-corrected chi connectivity index (χ3v) is 3.82. The molecule has 1 aromatic heterocycles. The molecule has 1 amide bonds. The maximum Gasteiger partial charge on any atom is 0.230 e. The maximum atomic E-state index is 13.1. The number of benzene rings is 1. The van der Waals surface area contributed by atoms with E-state index in [9.17, 15) is 9.18 Å². The number of nitrogens with zero attached hydrogens (tertiary/aromatic N) is 1. The number of halogens is 1. The van der Waals surface area contributed by atoms with Crippen molar-refractivity contribution in [3.63, 3.8) is 0 Å². The highest BCUT2D eigenvalue weighted by molar-refractivity contribution is 8.00. The first kappa shape index (κ1) is 15.3. The summed E-state index contributed by atoms with van der Waals surface area (Å²) in [6, 6.07) is 8.32. The summed E-state index contributed by atoms with van der Waals surface area (Å²) in [6.45, 7) is 2.09.